The maximum absolute atomic E-state index is 5.77. The molecular formula is C22H20N2O3S. The molecule has 4 aromatic rings. The van der Waals surface area contributed by atoms with Crippen molar-refractivity contribution in [1.29, 1.82) is 0 Å². The number of benzene rings is 2. The van der Waals surface area contributed by atoms with Gasteiger partial charge in [0.1, 0.15) is 5.75 Å². The molecule has 0 unspecified atom stereocenters. The molecule has 0 bridgehead atoms. The van der Waals surface area contributed by atoms with E-state index in [1.807, 2.05) is 19.1 Å². The van der Waals surface area contributed by atoms with Crippen LogP contribution in [-0.4, -0.2) is 30.2 Å². The second-order valence-electron chi connectivity index (χ2n) is 6.64. The van der Waals surface area contributed by atoms with Crippen molar-refractivity contribution in [3.05, 3.63) is 53.0 Å². The van der Waals surface area contributed by atoms with Gasteiger partial charge in [-0.2, -0.15) is 0 Å². The molecule has 2 heterocycles. The number of rotatable bonds is 5. The highest BCUT2D eigenvalue weighted by Gasteiger charge is 2.28. The van der Waals surface area contributed by atoms with Crippen molar-refractivity contribution >= 4 is 16.3 Å². The first-order chi connectivity index (χ1) is 13.7. The molecule has 0 radical (unpaired) electrons. The predicted molar refractivity (Wildman–Crippen MR) is 111 cm³/mol. The number of imidazole rings is 1. The minimum absolute atomic E-state index is 0.599. The van der Waals surface area contributed by atoms with Crippen molar-refractivity contribution in [1.82, 2.24) is 9.38 Å². The summed E-state index contributed by atoms with van der Waals surface area (Å²) in [5.74, 6) is 2.39. The molecule has 0 spiro atoms. The van der Waals surface area contributed by atoms with Crippen LogP contribution in [0.1, 0.15) is 18.2 Å². The number of hydrogen-bond acceptors (Lipinski definition) is 5. The lowest BCUT2D eigenvalue weighted by molar-refractivity contribution is 0.311. The van der Waals surface area contributed by atoms with Crippen LogP contribution >= 0.6 is 11.3 Å². The Bertz CT molecular complexity index is 1170. The number of nitrogens with zero attached hydrogens (tertiary/aromatic N) is 2. The SMILES string of the molecule is CCOc1cc2c(cc1OC)Cc1c-2nc2scc(-c3ccc(OC)cc3)n12. The smallest absolute Gasteiger partial charge is 0.194 e. The second-order valence-corrected chi connectivity index (χ2v) is 7.48. The van der Waals surface area contributed by atoms with Crippen LogP contribution in [-0.2, 0) is 6.42 Å². The Morgan fingerprint density at radius 1 is 1.07 bits per heavy atom. The molecule has 0 saturated carbocycles. The van der Waals surface area contributed by atoms with Crippen LogP contribution in [0.4, 0.5) is 0 Å². The fourth-order valence-electron chi connectivity index (χ4n) is 3.83. The molecule has 2 aromatic carbocycles. The fourth-order valence-corrected chi connectivity index (χ4v) is 4.75. The molecule has 6 heteroatoms. The van der Waals surface area contributed by atoms with E-state index in [0.29, 0.717) is 6.61 Å². The second kappa shape index (κ2) is 6.56. The van der Waals surface area contributed by atoms with Gasteiger partial charge in [-0.05, 0) is 54.4 Å². The van der Waals surface area contributed by atoms with E-state index in [2.05, 4.69) is 34.0 Å². The van der Waals surface area contributed by atoms with Gasteiger partial charge in [-0.3, -0.25) is 4.40 Å². The summed E-state index contributed by atoms with van der Waals surface area (Å²) in [4.78, 5) is 5.94. The molecule has 0 saturated heterocycles. The Balaban J connectivity index is 1.64. The molecule has 2 aromatic heterocycles. The van der Waals surface area contributed by atoms with E-state index in [1.54, 1.807) is 25.6 Å². The van der Waals surface area contributed by atoms with Crippen LogP contribution in [0.5, 0.6) is 17.2 Å². The molecule has 5 nitrogen and oxygen atoms in total. The average Bonchev–Trinajstić information content (AvgIpc) is 3.38. The zero-order valence-electron chi connectivity index (χ0n) is 16.0. The van der Waals surface area contributed by atoms with Crippen LogP contribution in [0.15, 0.2) is 41.8 Å². The summed E-state index contributed by atoms with van der Waals surface area (Å²) in [5.41, 5.74) is 6.92. The molecule has 0 fully saturated rings. The molecule has 28 heavy (non-hydrogen) atoms. The van der Waals surface area contributed by atoms with Gasteiger partial charge in [0.15, 0.2) is 16.5 Å². The molecule has 142 valence electrons. The largest absolute Gasteiger partial charge is 0.497 e. The molecule has 5 rings (SSSR count). The van der Waals surface area contributed by atoms with E-state index in [9.17, 15) is 0 Å². The number of thiazole rings is 1. The lowest BCUT2D eigenvalue weighted by Gasteiger charge is -2.11. The van der Waals surface area contributed by atoms with Gasteiger partial charge in [0.05, 0.1) is 37.9 Å². The molecule has 1 aliphatic carbocycles. The third kappa shape index (κ3) is 2.48. The molecular weight excluding hydrogens is 372 g/mol. The predicted octanol–water partition coefficient (Wildman–Crippen LogP) is 5.05. The van der Waals surface area contributed by atoms with Gasteiger partial charge < -0.3 is 14.2 Å². The summed E-state index contributed by atoms with van der Waals surface area (Å²) in [7, 11) is 3.36. The first-order valence-electron chi connectivity index (χ1n) is 9.20. The Morgan fingerprint density at radius 2 is 1.89 bits per heavy atom. The van der Waals surface area contributed by atoms with Gasteiger partial charge in [0, 0.05) is 17.4 Å². The zero-order valence-corrected chi connectivity index (χ0v) is 16.8. The quantitative estimate of drug-likeness (QED) is 0.420. The highest BCUT2D eigenvalue weighted by Crippen LogP contribution is 2.44. The zero-order chi connectivity index (χ0) is 19.3. The van der Waals surface area contributed by atoms with Crippen LogP contribution in [0.25, 0.3) is 27.5 Å². The van der Waals surface area contributed by atoms with Gasteiger partial charge in [-0.1, -0.05) is 0 Å². The van der Waals surface area contributed by atoms with E-state index in [4.69, 9.17) is 19.2 Å². The Hall–Kier alpha value is -2.99. The number of aromatic nitrogens is 2. The topological polar surface area (TPSA) is 45.0 Å². The lowest BCUT2D eigenvalue weighted by Crippen LogP contribution is -1.97. The first-order valence-corrected chi connectivity index (χ1v) is 10.1. The van der Waals surface area contributed by atoms with Crippen LogP contribution in [0.2, 0.25) is 0 Å². The third-order valence-electron chi connectivity index (χ3n) is 5.15. The molecule has 0 amide bonds. The Morgan fingerprint density at radius 3 is 2.61 bits per heavy atom. The van der Waals surface area contributed by atoms with Crippen LogP contribution in [0, 0.1) is 0 Å². The standard InChI is InChI=1S/C22H20N2O3S/c1-4-27-20-11-16-14(10-19(20)26-3)9-17-21(16)23-22-24(17)18(12-28-22)13-5-7-15(25-2)8-6-13/h5-8,10-12H,4,9H2,1-3H3. The van der Waals surface area contributed by atoms with Gasteiger partial charge in [-0.15, -0.1) is 11.3 Å². The van der Waals surface area contributed by atoms with E-state index in [1.165, 1.54) is 11.3 Å². The van der Waals surface area contributed by atoms with Crippen molar-refractivity contribution in [2.75, 3.05) is 20.8 Å². The van der Waals surface area contributed by atoms with Gasteiger partial charge in [0.2, 0.25) is 0 Å². The van der Waals surface area contributed by atoms with Gasteiger partial charge >= 0.3 is 0 Å². The van der Waals surface area contributed by atoms with Crippen molar-refractivity contribution in [3.63, 3.8) is 0 Å². The van der Waals surface area contributed by atoms with E-state index >= 15 is 0 Å². The summed E-state index contributed by atoms with van der Waals surface area (Å²) >= 11 is 1.66. The fraction of sp³-hybridized carbons (Fsp3) is 0.227. The monoisotopic (exact) mass is 392 g/mol. The third-order valence-corrected chi connectivity index (χ3v) is 5.97. The number of hydrogen-bond donors (Lipinski definition) is 0. The molecule has 0 N–H and O–H groups in total. The number of ether oxygens (including phenoxy) is 3. The maximum atomic E-state index is 5.77. The van der Waals surface area contributed by atoms with E-state index in [-0.39, 0.29) is 0 Å². The minimum Gasteiger partial charge on any atom is -0.497 e. The van der Waals surface area contributed by atoms with Gasteiger partial charge in [0.25, 0.3) is 0 Å². The highest BCUT2D eigenvalue weighted by atomic mass is 32.1. The normalized spacial score (nSPS) is 12.1. The molecule has 0 atom stereocenters. The van der Waals surface area contributed by atoms with Crippen molar-refractivity contribution in [3.8, 4) is 39.8 Å². The van der Waals surface area contributed by atoms with E-state index in [0.717, 1.165) is 51.1 Å². The minimum atomic E-state index is 0.599. The first kappa shape index (κ1) is 17.1. The summed E-state index contributed by atoms with van der Waals surface area (Å²) in [6.45, 7) is 2.58. The number of methoxy groups -OCH3 is 2. The molecule has 0 aliphatic heterocycles. The maximum Gasteiger partial charge on any atom is 0.194 e. The number of fused-ring (bicyclic) bond motifs is 5. The average molecular weight is 392 g/mol. The van der Waals surface area contributed by atoms with Crippen molar-refractivity contribution in [2.45, 2.75) is 13.3 Å². The van der Waals surface area contributed by atoms with Gasteiger partial charge in [-0.25, -0.2) is 4.98 Å². The van der Waals surface area contributed by atoms with Crippen molar-refractivity contribution < 1.29 is 14.2 Å². The Kier molecular flexibility index (Phi) is 4.02. The van der Waals surface area contributed by atoms with Crippen molar-refractivity contribution in [2.24, 2.45) is 0 Å². The summed E-state index contributed by atoms with van der Waals surface area (Å²) < 4.78 is 18.9. The highest BCUT2D eigenvalue weighted by molar-refractivity contribution is 7.15. The van der Waals surface area contributed by atoms with Crippen LogP contribution in [0.3, 0.4) is 0 Å². The van der Waals surface area contributed by atoms with E-state index < -0.39 is 0 Å². The Labute approximate surface area is 167 Å². The lowest BCUT2D eigenvalue weighted by atomic mass is 10.1. The van der Waals surface area contributed by atoms with Crippen LogP contribution < -0.4 is 14.2 Å². The summed E-state index contributed by atoms with van der Waals surface area (Å²) in [6, 6.07) is 12.3. The molecule has 1 aliphatic rings. The summed E-state index contributed by atoms with van der Waals surface area (Å²) in [5, 5.41) is 2.17. The summed E-state index contributed by atoms with van der Waals surface area (Å²) in [6.07, 6.45) is 0.828.